The van der Waals surface area contributed by atoms with E-state index in [4.69, 9.17) is 4.74 Å². The minimum Gasteiger partial charge on any atom is -0.454 e. The summed E-state index contributed by atoms with van der Waals surface area (Å²) in [5, 5.41) is 9.88. The Morgan fingerprint density at radius 1 is 1.19 bits per heavy atom. The second-order valence-corrected chi connectivity index (χ2v) is 6.43. The molecule has 26 heavy (non-hydrogen) atoms. The number of carbonyl (C=O) groups is 2. The number of halogens is 1. The molecule has 0 N–H and O–H groups in total. The van der Waals surface area contributed by atoms with E-state index in [0.717, 1.165) is 16.6 Å². The van der Waals surface area contributed by atoms with Crippen LogP contribution < -0.4 is 4.90 Å². The van der Waals surface area contributed by atoms with Crippen molar-refractivity contribution in [3.05, 3.63) is 70.5 Å². The van der Waals surface area contributed by atoms with Gasteiger partial charge in [-0.05, 0) is 24.3 Å². The standard InChI is InChI=1S/C19H13FN2O3S/c1-22-15-8-4-5-9-17(15)26-18(22)13(10-21)16(23)11-25-19(24)12-6-2-3-7-14(12)20/h2-9H,11H2,1H3/b18-13-. The van der Waals surface area contributed by atoms with Crippen LogP contribution in [0.5, 0.6) is 0 Å². The van der Waals surface area contributed by atoms with E-state index in [2.05, 4.69) is 0 Å². The summed E-state index contributed by atoms with van der Waals surface area (Å²) in [6, 6.07) is 14.7. The third kappa shape index (κ3) is 3.32. The summed E-state index contributed by atoms with van der Waals surface area (Å²) in [6.07, 6.45) is 0. The lowest BCUT2D eigenvalue weighted by Crippen LogP contribution is -2.20. The first kappa shape index (κ1) is 17.7. The van der Waals surface area contributed by atoms with Crippen LogP contribution in [0.15, 0.2) is 64.0 Å². The number of benzene rings is 2. The van der Waals surface area contributed by atoms with E-state index in [1.807, 2.05) is 30.3 Å². The second kappa shape index (κ2) is 7.42. The lowest BCUT2D eigenvalue weighted by atomic mass is 10.2. The topological polar surface area (TPSA) is 70.4 Å². The minimum absolute atomic E-state index is 0.102. The molecule has 130 valence electrons. The van der Waals surface area contributed by atoms with Crippen LogP contribution in [0.3, 0.4) is 0 Å². The molecule has 0 saturated carbocycles. The summed E-state index contributed by atoms with van der Waals surface area (Å²) in [7, 11) is 1.75. The Bertz CT molecular complexity index is 965. The molecule has 0 fully saturated rings. The molecule has 2 aromatic carbocycles. The van der Waals surface area contributed by atoms with Gasteiger partial charge in [0.15, 0.2) is 6.61 Å². The van der Waals surface area contributed by atoms with Gasteiger partial charge in [-0.2, -0.15) is 5.26 Å². The normalized spacial score (nSPS) is 14.4. The van der Waals surface area contributed by atoms with Crippen LogP contribution >= 0.6 is 11.8 Å². The van der Waals surface area contributed by atoms with Crippen LogP contribution in [-0.4, -0.2) is 25.4 Å². The SMILES string of the molecule is CN1/C(=C(\C#N)C(=O)COC(=O)c2ccccc2F)Sc2ccccc21. The van der Waals surface area contributed by atoms with E-state index < -0.39 is 24.2 Å². The van der Waals surface area contributed by atoms with Crippen LogP contribution in [0.25, 0.3) is 0 Å². The van der Waals surface area contributed by atoms with Crippen molar-refractivity contribution in [1.29, 1.82) is 5.26 Å². The Morgan fingerprint density at radius 2 is 1.88 bits per heavy atom. The van der Waals surface area contributed by atoms with Crippen LogP contribution in [-0.2, 0) is 9.53 Å². The van der Waals surface area contributed by atoms with Gasteiger partial charge >= 0.3 is 5.97 Å². The highest BCUT2D eigenvalue weighted by molar-refractivity contribution is 8.03. The van der Waals surface area contributed by atoms with Gasteiger partial charge in [-0.3, -0.25) is 4.79 Å². The third-order valence-corrected chi connectivity index (χ3v) is 5.01. The maximum Gasteiger partial charge on any atom is 0.341 e. The molecule has 0 atom stereocenters. The fraction of sp³-hybridized carbons (Fsp3) is 0.105. The molecular formula is C19H13FN2O3S. The lowest BCUT2D eigenvalue weighted by molar-refractivity contribution is -0.118. The second-order valence-electron chi connectivity index (χ2n) is 5.40. The molecule has 0 aliphatic carbocycles. The third-order valence-electron chi connectivity index (χ3n) is 3.77. The van der Waals surface area contributed by atoms with Gasteiger partial charge in [0, 0.05) is 11.9 Å². The van der Waals surface area contributed by atoms with Gasteiger partial charge in [0.25, 0.3) is 0 Å². The first-order chi connectivity index (χ1) is 12.5. The van der Waals surface area contributed by atoms with Crippen molar-refractivity contribution < 1.29 is 18.7 Å². The van der Waals surface area contributed by atoms with E-state index in [1.54, 1.807) is 11.9 Å². The fourth-order valence-corrected chi connectivity index (χ4v) is 3.62. The molecule has 0 aromatic heterocycles. The number of Topliss-reactive ketones (excluding diaryl/α,β-unsaturated/α-hetero) is 1. The molecular weight excluding hydrogens is 355 g/mol. The fourth-order valence-electron chi connectivity index (χ4n) is 2.46. The average Bonchev–Trinajstić information content (AvgIpc) is 2.98. The molecule has 5 nitrogen and oxygen atoms in total. The monoisotopic (exact) mass is 368 g/mol. The molecule has 2 aromatic rings. The van der Waals surface area contributed by atoms with Crippen LogP contribution in [0, 0.1) is 17.1 Å². The number of esters is 1. The number of fused-ring (bicyclic) bond motifs is 1. The lowest BCUT2D eigenvalue weighted by Gasteiger charge is -2.14. The number of carbonyl (C=O) groups excluding carboxylic acids is 2. The van der Waals surface area contributed by atoms with E-state index in [9.17, 15) is 19.2 Å². The predicted octanol–water partition coefficient (Wildman–Crippen LogP) is 3.53. The smallest absolute Gasteiger partial charge is 0.341 e. The van der Waals surface area contributed by atoms with Crippen molar-refractivity contribution in [1.82, 2.24) is 0 Å². The zero-order valence-corrected chi connectivity index (χ0v) is 14.5. The van der Waals surface area contributed by atoms with Crippen molar-refractivity contribution in [3.8, 4) is 6.07 Å². The number of nitriles is 1. The van der Waals surface area contributed by atoms with E-state index >= 15 is 0 Å². The molecule has 0 spiro atoms. The summed E-state index contributed by atoms with van der Waals surface area (Å²) >= 11 is 1.30. The van der Waals surface area contributed by atoms with Gasteiger partial charge in [0.05, 0.1) is 11.3 Å². The molecule has 1 aliphatic heterocycles. The number of rotatable bonds is 4. The Morgan fingerprint density at radius 3 is 2.58 bits per heavy atom. The highest BCUT2D eigenvalue weighted by atomic mass is 32.2. The van der Waals surface area contributed by atoms with Crippen molar-refractivity contribution in [2.45, 2.75) is 4.90 Å². The van der Waals surface area contributed by atoms with Gasteiger partial charge in [-0.15, -0.1) is 0 Å². The van der Waals surface area contributed by atoms with Crippen molar-refractivity contribution >= 4 is 29.2 Å². The summed E-state index contributed by atoms with van der Waals surface area (Å²) in [6.45, 7) is -0.635. The molecule has 7 heteroatoms. The molecule has 1 heterocycles. The highest BCUT2D eigenvalue weighted by Crippen LogP contribution is 2.46. The average molecular weight is 368 g/mol. The van der Waals surface area contributed by atoms with Gasteiger partial charge in [-0.1, -0.05) is 36.0 Å². The van der Waals surface area contributed by atoms with Crippen LogP contribution in [0.2, 0.25) is 0 Å². The highest BCUT2D eigenvalue weighted by Gasteiger charge is 2.28. The zero-order chi connectivity index (χ0) is 18.7. The van der Waals surface area contributed by atoms with Crippen LogP contribution in [0.4, 0.5) is 10.1 Å². The van der Waals surface area contributed by atoms with Crippen molar-refractivity contribution in [2.24, 2.45) is 0 Å². The number of para-hydroxylation sites is 1. The minimum atomic E-state index is -0.950. The van der Waals surface area contributed by atoms with Gasteiger partial charge in [-0.25, -0.2) is 9.18 Å². The van der Waals surface area contributed by atoms with E-state index in [-0.39, 0.29) is 11.1 Å². The zero-order valence-electron chi connectivity index (χ0n) is 13.7. The first-order valence-electron chi connectivity index (χ1n) is 7.62. The number of nitrogens with zero attached hydrogens (tertiary/aromatic N) is 2. The predicted molar refractivity (Wildman–Crippen MR) is 95.0 cm³/mol. The summed E-state index contributed by atoms with van der Waals surface area (Å²) in [5.41, 5.74) is 0.526. The first-order valence-corrected chi connectivity index (χ1v) is 8.44. The summed E-state index contributed by atoms with van der Waals surface area (Å²) in [4.78, 5) is 27.0. The number of hydrogen-bond donors (Lipinski definition) is 0. The molecule has 0 radical (unpaired) electrons. The largest absolute Gasteiger partial charge is 0.454 e. The van der Waals surface area contributed by atoms with E-state index in [0.29, 0.717) is 5.03 Å². The number of anilines is 1. The summed E-state index contributed by atoms with van der Waals surface area (Å²) < 4.78 is 18.5. The number of ether oxygens (including phenoxy) is 1. The number of ketones is 1. The quantitative estimate of drug-likeness (QED) is 0.467. The molecule has 0 bridgehead atoms. The van der Waals surface area contributed by atoms with Gasteiger partial charge in [0.2, 0.25) is 5.78 Å². The Hall–Kier alpha value is -3.11. The van der Waals surface area contributed by atoms with Gasteiger partial charge < -0.3 is 9.64 Å². The van der Waals surface area contributed by atoms with Crippen molar-refractivity contribution in [2.75, 3.05) is 18.6 Å². The molecule has 0 saturated heterocycles. The molecule has 1 aliphatic rings. The number of thioether (sulfide) groups is 1. The molecule has 0 amide bonds. The molecule has 3 rings (SSSR count). The van der Waals surface area contributed by atoms with Crippen LogP contribution in [0.1, 0.15) is 10.4 Å². The molecule has 0 unspecified atom stereocenters. The maximum atomic E-state index is 13.6. The Balaban J connectivity index is 1.76. The Labute approximate surface area is 153 Å². The number of hydrogen-bond acceptors (Lipinski definition) is 6. The van der Waals surface area contributed by atoms with Gasteiger partial charge in [0.1, 0.15) is 22.5 Å². The maximum absolute atomic E-state index is 13.6. The Kier molecular flexibility index (Phi) is 5.05. The summed E-state index contributed by atoms with van der Waals surface area (Å²) in [5.74, 6) is -2.32. The van der Waals surface area contributed by atoms with Crippen molar-refractivity contribution in [3.63, 3.8) is 0 Å². The van der Waals surface area contributed by atoms with E-state index in [1.165, 1.54) is 30.0 Å².